The third-order valence-electron chi connectivity index (χ3n) is 3.59. The van der Waals surface area contributed by atoms with Crippen LogP contribution in [0.5, 0.6) is 0 Å². The average Bonchev–Trinajstić information content (AvgIpc) is 2.19. The number of carbonyl (C=O) groups is 1. The fourth-order valence-electron chi connectivity index (χ4n) is 2.80. The molecule has 2 N–H and O–H groups in total. The summed E-state index contributed by atoms with van der Waals surface area (Å²) in [5.74, 6) is 0.738. The van der Waals surface area contributed by atoms with E-state index in [2.05, 4.69) is 0 Å². The van der Waals surface area contributed by atoms with Crippen molar-refractivity contribution < 1.29 is 15.0 Å². The Morgan fingerprint density at radius 3 is 2.22 bits per heavy atom. The van der Waals surface area contributed by atoms with Crippen LogP contribution < -0.4 is 0 Å². The Morgan fingerprint density at radius 1 is 1.39 bits per heavy atom. The van der Waals surface area contributed by atoms with Crippen LogP contribution in [0.2, 0.25) is 0 Å². The molecule has 0 unspecified atom stereocenters. The maximum Gasteiger partial charge on any atom is 0.407 e. The van der Waals surface area contributed by atoms with Gasteiger partial charge < -0.3 is 15.1 Å². The van der Waals surface area contributed by atoms with Crippen LogP contribution in [0, 0.1) is 0 Å². The van der Waals surface area contributed by atoms with Crippen molar-refractivity contribution in [2.45, 2.75) is 63.6 Å². The van der Waals surface area contributed by atoms with Crippen LogP contribution >= 0.6 is 11.8 Å². The number of rotatable bonds is 3. The smallest absolute Gasteiger partial charge is 0.407 e. The van der Waals surface area contributed by atoms with E-state index in [1.165, 1.54) is 0 Å². The second kappa shape index (κ2) is 5.70. The van der Waals surface area contributed by atoms with Crippen molar-refractivity contribution in [2.75, 3.05) is 12.0 Å². The maximum absolute atomic E-state index is 11.4. The highest BCUT2D eigenvalue weighted by atomic mass is 32.2. The van der Waals surface area contributed by atoms with Crippen LogP contribution in [-0.4, -0.2) is 50.4 Å². The van der Waals surface area contributed by atoms with E-state index in [0.29, 0.717) is 12.8 Å². The predicted molar refractivity (Wildman–Crippen MR) is 75.2 cm³/mol. The van der Waals surface area contributed by atoms with Crippen molar-refractivity contribution >= 4 is 17.9 Å². The van der Waals surface area contributed by atoms with Gasteiger partial charge in [-0.1, -0.05) is 0 Å². The Hall–Kier alpha value is -0.420. The zero-order valence-corrected chi connectivity index (χ0v) is 12.6. The number of carboxylic acid groups (broad SMARTS) is 1. The lowest BCUT2D eigenvalue weighted by Crippen LogP contribution is -2.54. The minimum atomic E-state index is -0.859. The molecule has 0 aliphatic heterocycles. The largest absolute Gasteiger partial charge is 0.465 e. The number of thioether (sulfide) groups is 1. The molecule has 0 aromatic carbocycles. The fraction of sp³-hybridized carbons (Fsp3) is 0.923. The van der Waals surface area contributed by atoms with Crippen molar-refractivity contribution in [3.63, 3.8) is 0 Å². The molecule has 1 saturated carbocycles. The minimum Gasteiger partial charge on any atom is -0.465 e. The topological polar surface area (TPSA) is 60.8 Å². The molecule has 1 fully saturated rings. The van der Waals surface area contributed by atoms with Crippen molar-refractivity contribution in [3.8, 4) is 0 Å². The van der Waals surface area contributed by atoms with Crippen LogP contribution in [0.25, 0.3) is 0 Å². The predicted octanol–water partition coefficient (Wildman–Crippen LogP) is 2.80. The van der Waals surface area contributed by atoms with Crippen LogP contribution in [0.4, 0.5) is 4.79 Å². The van der Waals surface area contributed by atoms with Gasteiger partial charge in [0.25, 0.3) is 0 Å². The summed E-state index contributed by atoms with van der Waals surface area (Å²) in [6.07, 6.45) is 4.02. The van der Waals surface area contributed by atoms with Gasteiger partial charge in [-0.25, -0.2) is 4.79 Å². The van der Waals surface area contributed by atoms with Gasteiger partial charge in [0.15, 0.2) is 0 Å². The lowest BCUT2D eigenvalue weighted by molar-refractivity contribution is -0.0152. The summed E-state index contributed by atoms with van der Waals surface area (Å²) in [6, 6.07) is 0.0321. The lowest BCUT2D eigenvalue weighted by atomic mass is 9.82. The first-order chi connectivity index (χ1) is 8.19. The highest BCUT2D eigenvalue weighted by molar-refractivity contribution is 7.98. The van der Waals surface area contributed by atoms with Crippen LogP contribution in [-0.2, 0) is 0 Å². The molecule has 1 rings (SSSR count). The molecule has 0 radical (unpaired) electrons. The summed E-state index contributed by atoms with van der Waals surface area (Å²) in [6.45, 7) is 5.76. The van der Waals surface area contributed by atoms with Gasteiger partial charge in [-0.15, -0.1) is 0 Å². The summed E-state index contributed by atoms with van der Waals surface area (Å²) in [5.41, 5.74) is -0.983. The Kier molecular flexibility index (Phi) is 4.95. The molecule has 4 nitrogen and oxygen atoms in total. The van der Waals surface area contributed by atoms with Crippen molar-refractivity contribution in [1.82, 2.24) is 4.90 Å². The molecule has 0 saturated heterocycles. The zero-order valence-electron chi connectivity index (χ0n) is 11.8. The molecule has 0 aromatic rings. The van der Waals surface area contributed by atoms with Gasteiger partial charge >= 0.3 is 6.09 Å². The number of nitrogens with zero attached hydrogens (tertiary/aromatic N) is 1. The molecule has 1 amide bonds. The second-order valence-electron chi connectivity index (χ2n) is 6.21. The summed E-state index contributed by atoms with van der Waals surface area (Å²) >= 11 is 1.65. The number of aliphatic hydroxyl groups is 1. The van der Waals surface area contributed by atoms with E-state index < -0.39 is 11.7 Å². The number of amides is 1. The molecule has 0 bridgehead atoms. The molecule has 1 aliphatic carbocycles. The second-order valence-corrected chi connectivity index (χ2v) is 7.08. The number of hydrogen-bond donors (Lipinski definition) is 2. The molecule has 18 heavy (non-hydrogen) atoms. The van der Waals surface area contributed by atoms with Crippen molar-refractivity contribution in [3.05, 3.63) is 0 Å². The van der Waals surface area contributed by atoms with Crippen LogP contribution in [0.1, 0.15) is 46.5 Å². The SMILES string of the molecule is CSC[C@]1(O)CC[C@H](N(C(=O)O)C(C)(C)C)CC1. The Labute approximate surface area is 114 Å². The first-order valence-corrected chi connectivity index (χ1v) is 7.82. The Morgan fingerprint density at radius 2 is 1.89 bits per heavy atom. The van der Waals surface area contributed by atoms with Crippen LogP contribution in [0.3, 0.4) is 0 Å². The van der Waals surface area contributed by atoms with E-state index in [-0.39, 0.29) is 11.6 Å². The quantitative estimate of drug-likeness (QED) is 0.831. The van der Waals surface area contributed by atoms with E-state index in [9.17, 15) is 15.0 Å². The van der Waals surface area contributed by atoms with Gasteiger partial charge in [-0.05, 0) is 52.7 Å². The highest BCUT2D eigenvalue weighted by Gasteiger charge is 2.39. The molecule has 0 spiro atoms. The van der Waals surface area contributed by atoms with Crippen LogP contribution in [0.15, 0.2) is 0 Å². The lowest BCUT2D eigenvalue weighted by Gasteiger charge is -2.44. The van der Waals surface area contributed by atoms with Gasteiger partial charge in [0.2, 0.25) is 0 Å². The molecule has 0 heterocycles. The van der Waals surface area contributed by atoms with Gasteiger partial charge in [-0.2, -0.15) is 11.8 Å². The third kappa shape index (κ3) is 3.79. The standard InChI is InChI=1S/C13H25NO3S/c1-12(2,3)14(11(15)16)10-5-7-13(17,8-6-10)9-18-4/h10,17H,5-9H2,1-4H3,(H,15,16)/t10-,13-. The van der Waals surface area contributed by atoms with Gasteiger partial charge in [0, 0.05) is 17.3 Å². The molecule has 0 aromatic heterocycles. The third-order valence-corrected chi connectivity index (χ3v) is 4.42. The maximum atomic E-state index is 11.4. The molecule has 5 heteroatoms. The summed E-state index contributed by atoms with van der Waals surface area (Å²) in [7, 11) is 0. The monoisotopic (exact) mass is 275 g/mol. The Balaban J connectivity index is 2.68. The first-order valence-electron chi connectivity index (χ1n) is 6.43. The minimum absolute atomic E-state index is 0.0321. The van der Waals surface area contributed by atoms with Gasteiger partial charge in [-0.3, -0.25) is 0 Å². The molecule has 0 atom stereocenters. The van der Waals surface area contributed by atoms with E-state index in [1.54, 1.807) is 16.7 Å². The summed E-state index contributed by atoms with van der Waals surface area (Å²) in [5, 5.41) is 19.7. The first kappa shape index (κ1) is 15.6. The van der Waals surface area contributed by atoms with Gasteiger partial charge in [0.05, 0.1) is 5.60 Å². The fourth-order valence-corrected chi connectivity index (χ4v) is 3.63. The number of hydrogen-bond acceptors (Lipinski definition) is 3. The molecular weight excluding hydrogens is 250 g/mol. The normalized spacial score (nSPS) is 29.1. The zero-order chi connectivity index (χ0) is 14.0. The van der Waals surface area contributed by atoms with Crippen molar-refractivity contribution in [2.24, 2.45) is 0 Å². The van der Waals surface area contributed by atoms with E-state index in [0.717, 1.165) is 18.6 Å². The summed E-state index contributed by atoms with van der Waals surface area (Å²) < 4.78 is 0. The summed E-state index contributed by atoms with van der Waals surface area (Å²) in [4.78, 5) is 12.9. The van der Waals surface area contributed by atoms with E-state index >= 15 is 0 Å². The van der Waals surface area contributed by atoms with Gasteiger partial charge in [0.1, 0.15) is 0 Å². The Bertz CT molecular complexity index is 293. The van der Waals surface area contributed by atoms with E-state index in [1.807, 2.05) is 27.0 Å². The molecule has 106 valence electrons. The highest BCUT2D eigenvalue weighted by Crippen LogP contribution is 2.35. The average molecular weight is 275 g/mol. The van der Waals surface area contributed by atoms with Crippen molar-refractivity contribution in [1.29, 1.82) is 0 Å². The molecule has 1 aliphatic rings. The van der Waals surface area contributed by atoms with E-state index in [4.69, 9.17) is 0 Å². The molecular formula is C13H25NO3S.